The monoisotopic (exact) mass is 387 g/mol. The van der Waals surface area contributed by atoms with E-state index in [-0.39, 0.29) is 44.3 Å². The zero-order chi connectivity index (χ0) is 16.7. The average Bonchev–Trinajstić information content (AvgIpc) is 2.66. The third-order valence-corrected chi connectivity index (χ3v) is 3.07. The molecule has 0 saturated carbocycles. The molecule has 21 heavy (non-hydrogen) atoms. The molecule has 0 fully saturated rings. The normalized spacial score (nSPS) is 9.10. The summed E-state index contributed by atoms with van der Waals surface area (Å²) in [5.74, 6) is 0. The van der Waals surface area contributed by atoms with Gasteiger partial charge in [-0.25, -0.2) is 12.1 Å². The molecule has 5 heteroatoms. The smallest absolute Gasteiger partial charge is 0.675 e. The molecule has 1 aromatic rings. The van der Waals surface area contributed by atoms with E-state index < -0.39 is 8.80 Å². The van der Waals surface area contributed by atoms with Gasteiger partial charge in [0.1, 0.15) is 0 Å². The van der Waals surface area contributed by atoms with Gasteiger partial charge in [-0.1, -0.05) is 54.6 Å². The number of hydrogen-bond acceptors (Lipinski definition) is 0. The van der Waals surface area contributed by atoms with Crippen molar-refractivity contribution >= 4 is 14.0 Å². The molecule has 3 nitrogen and oxygen atoms in total. The van der Waals surface area contributed by atoms with E-state index in [4.69, 9.17) is 17.2 Å². The minimum absolute atomic E-state index is 0. The fourth-order valence-corrected chi connectivity index (χ4v) is 1.77. The molecule has 0 aliphatic carbocycles. The first-order valence-electron chi connectivity index (χ1n) is 7.35. The number of hydrogen-bond donors (Lipinski definition) is 0. The van der Waals surface area contributed by atoms with E-state index in [1.807, 2.05) is 41.5 Å². The van der Waals surface area contributed by atoms with Gasteiger partial charge in [0.25, 0.3) is 0 Å². The summed E-state index contributed by atoms with van der Waals surface area (Å²) in [6.07, 6.45) is 0. The summed E-state index contributed by atoms with van der Waals surface area (Å²) in [7, 11) is -0.480. The molecular weight excluding hydrogens is 354 g/mol. The van der Waals surface area contributed by atoms with Crippen LogP contribution in [-0.2, 0) is 26.2 Å². The van der Waals surface area contributed by atoms with Crippen molar-refractivity contribution in [3.8, 4) is 0 Å². The second kappa shape index (κ2) is 20.3. The van der Waals surface area contributed by atoms with Crippen molar-refractivity contribution in [3.63, 3.8) is 0 Å². The predicted molar refractivity (Wildman–Crippen MR) is 98.9 cm³/mol. The van der Waals surface area contributed by atoms with Crippen molar-refractivity contribution in [3.05, 3.63) is 41.5 Å². The molecule has 0 aliphatic rings. The van der Waals surface area contributed by atoms with Gasteiger partial charge in [-0.15, -0.1) is 18.1 Å². The van der Waals surface area contributed by atoms with Crippen LogP contribution in [-0.4, -0.2) is 26.9 Å². The van der Waals surface area contributed by atoms with Gasteiger partial charge in [-0.05, 0) is 0 Å². The molecule has 0 bridgehead atoms. The Labute approximate surface area is 154 Å². The Kier molecular flexibility index (Phi) is 28.4. The molecule has 0 unspecified atom stereocenters. The SMILES string of the molecule is CC(C)[NH-].CC(C)[NH-].CC(C)[NH-].C[SiH](C)[c-]1cccc1.[Zr+4]. The van der Waals surface area contributed by atoms with Crippen LogP contribution in [0.3, 0.4) is 0 Å². The van der Waals surface area contributed by atoms with Crippen molar-refractivity contribution in [2.75, 3.05) is 0 Å². The average molecular weight is 389 g/mol. The Hall–Kier alpha value is 0.330. The van der Waals surface area contributed by atoms with Crippen LogP contribution in [0, 0.1) is 0 Å². The first-order chi connectivity index (χ1) is 9.00. The van der Waals surface area contributed by atoms with E-state index in [1.54, 1.807) is 5.19 Å². The van der Waals surface area contributed by atoms with Gasteiger partial charge in [0.15, 0.2) is 0 Å². The molecule has 0 aliphatic heterocycles. The van der Waals surface area contributed by atoms with Gasteiger partial charge in [0, 0.05) is 8.80 Å². The first kappa shape index (κ1) is 29.4. The fourth-order valence-electron chi connectivity index (χ4n) is 0.774. The molecule has 1 rings (SSSR count). The summed E-state index contributed by atoms with van der Waals surface area (Å²) in [6, 6.07) is 8.92. The maximum Gasteiger partial charge on any atom is 4.00 e. The Morgan fingerprint density at radius 1 is 0.714 bits per heavy atom. The van der Waals surface area contributed by atoms with Gasteiger partial charge in [0.2, 0.25) is 0 Å². The van der Waals surface area contributed by atoms with Crippen LogP contribution >= 0.6 is 0 Å². The fraction of sp³-hybridized carbons (Fsp3) is 0.688. The van der Waals surface area contributed by atoms with Crippen molar-refractivity contribution in [2.45, 2.75) is 72.8 Å². The number of rotatable bonds is 1. The molecular formula is C16H35N3SiZr. The molecule has 0 saturated heterocycles. The Morgan fingerprint density at radius 3 is 1.00 bits per heavy atom. The van der Waals surface area contributed by atoms with E-state index in [9.17, 15) is 0 Å². The third-order valence-electron chi connectivity index (χ3n) is 1.36. The van der Waals surface area contributed by atoms with E-state index in [1.165, 1.54) is 0 Å². The zero-order valence-corrected chi connectivity index (χ0v) is 18.7. The third kappa shape index (κ3) is 53.2. The van der Waals surface area contributed by atoms with Gasteiger partial charge >= 0.3 is 26.2 Å². The van der Waals surface area contributed by atoms with Gasteiger partial charge in [-0.3, -0.25) is 0 Å². The maximum absolute atomic E-state index is 6.58. The largest absolute Gasteiger partial charge is 4.00 e. The molecule has 0 radical (unpaired) electrons. The summed E-state index contributed by atoms with van der Waals surface area (Å²) in [5.41, 5.74) is 19.8. The van der Waals surface area contributed by atoms with Crippen LogP contribution in [0.5, 0.6) is 0 Å². The molecule has 0 atom stereocenters. The Balaban J connectivity index is -0.0000000973. The molecule has 0 aromatic heterocycles. The second-order valence-electron chi connectivity index (χ2n) is 5.84. The van der Waals surface area contributed by atoms with Crippen LogP contribution in [0.1, 0.15) is 41.5 Å². The van der Waals surface area contributed by atoms with Gasteiger partial charge in [-0.2, -0.15) is 17.3 Å². The van der Waals surface area contributed by atoms with E-state index in [0.717, 1.165) is 0 Å². The van der Waals surface area contributed by atoms with E-state index >= 15 is 0 Å². The van der Waals surface area contributed by atoms with Gasteiger partial charge < -0.3 is 17.2 Å². The summed E-state index contributed by atoms with van der Waals surface area (Å²) in [5, 5.41) is 1.57. The second-order valence-corrected chi connectivity index (χ2v) is 8.81. The number of nitrogens with one attached hydrogen (secondary N) is 3. The summed E-state index contributed by atoms with van der Waals surface area (Å²) < 4.78 is 0. The summed E-state index contributed by atoms with van der Waals surface area (Å²) in [4.78, 5) is 0. The predicted octanol–water partition coefficient (Wildman–Crippen LogP) is 5.44. The molecule has 1 aromatic carbocycles. The van der Waals surface area contributed by atoms with Crippen LogP contribution in [0.25, 0.3) is 17.2 Å². The quantitative estimate of drug-likeness (QED) is 0.454. The summed E-state index contributed by atoms with van der Waals surface area (Å²) in [6.45, 7) is 15.7. The maximum atomic E-state index is 6.58. The van der Waals surface area contributed by atoms with Crippen molar-refractivity contribution in [1.82, 2.24) is 0 Å². The topological polar surface area (TPSA) is 71.4 Å². The van der Waals surface area contributed by atoms with Crippen LogP contribution in [0.15, 0.2) is 24.3 Å². The van der Waals surface area contributed by atoms with Gasteiger partial charge in [0.05, 0.1) is 0 Å². The van der Waals surface area contributed by atoms with Crippen molar-refractivity contribution < 1.29 is 26.2 Å². The molecule has 0 amide bonds. The van der Waals surface area contributed by atoms with Crippen LogP contribution in [0.4, 0.5) is 0 Å². The summed E-state index contributed by atoms with van der Waals surface area (Å²) >= 11 is 0. The molecule has 3 N–H and O–H groups in total. The molecule has 0 heterocycles. The first-order valence-corrected chi connectivity index (χ1v) is 10.2. The minimum atomic E-state index is -0.480. The standard InChI is InChI=1S/C7H11Si.3C3H8N.Zr/c1-8(2)7-5-3-4-6-7;3*1-3(2)4;/h3-6,8H,1-2H3;3*3-4H,1-2H3;/q4*-1;+4. The van der Waals surface area contributed by atoms with Crippen molar-refractivity contribution in [1.29, 1.82) is 0 Å². The Morgan fingerprint density at radius 2 is 0.905 bits per heavy atom. The van der Waals surface area contributed by atoms with E-state index in [2.05, 4.69) is 37.4 Å². The molecule has 122 valence electrons. The molecule has 0 spiro atoms. The minimum Gasteiger partial charge on any atom is -0.675 e. The Bertz CT molecular complexity index is 238. The van der Waals surface area contributed by atoms with Crippen LogP contribution in [0.2, 0.25) is 13.1 Å². The van der Waals surface area contributed by atoms with Crippen LogP contribution < -0.4 is 5.19 Å². The van der Waals surface area contributed by atoms with E-state index in [0.29, 0.717) is 0 Å². The zero-order valence-electron chi connectivity index (χ0n) is 15.1. The van der Waals surface area contributed by atoms with Crippen molar-refractivity contribution in [2.24, 2.45) is 0 Å².